The van der Waals surface area contributed by atoms with Gasteiger partial charge in [-0.15, -0.1) is 11.3 Å². The molecule has 1 unspecified atom stereocenters. The van der Waals surface area contributed by atoms with Gasteiger partial charge in [0.2, 0.25) is 5.91 Å². The van der Waals surface area contributed by atoms with Crippen LogP contribution in [0.4, 0.5) is 0 Å². The minimum Gasteiger partial charge on any atom is -0.335 e. The first-order chi connectivity index (χ1) is 10.6. The molecule has 0 aromatic carbocycles. The van der Waals surface area contributed by atoms with Crippen molar-refractivity contribution in [1.29, 1.82) is 0 Å². The van der Waals surface area contributed by atoms with Gasteiger partial charge < -0.3 is 4.90 Å². The molecular weight excluding hydrogens is 298 g/mol. The number of thiophene rings is 1. The highest BCUT2D eigenvalue weighted by molar-refractivity contribution is 7.17. The van der Waals surface area contributed by atoms with Gasteiger partial charge in [-0.25, -0.2) is 4.98 Å². The van der Waals surface area contributed by atoms with Crippen LogP contribution in [0.3, 0.4) is 0 Å². The van der Waals surface area contributed by atoms with E-state index in [9.17, 15) is 9.59 Å². The third kappa shape index (κ3) is 2.45. The number of nitrogens with zero attached hydrogens (tertiary/aromatic N) is 3. The number of hydrogen-bond acceptors (Lipinski definition) is 4. The van der Waals surface area contributed by atoms with Crippen molar-refractivity contribution >= 4 is 27.5 Å². The van der Waals surface area contributed by atoms with Crippen LogP contribution in [-0.4, -0.2) is 32.4 Å². The molecule has 2 aromatic heterocycles. The third-order valence-corrected chi connectivity index (χ3v) is 5.60. The number of fused-ring (bicyclic) bond motifs is 1. The van der Waals surface area contributed by atoms with Gasteiger partial charge in [-0.3, -0.25) is 14.2 Å². The first-order valence-corrected chi connectivity index (χ1v) is 8.77. The number of aromatic nitrogens is 2. The standard InChI is InChI=1S/C16H19N3O2S/c1-10(11-2-3-11)19(12-4-5-12)14(20)8-18-9-17-13-6-7-22-15(13)16(18)21/h6-7,9-12H,2-5,8H2,1H3. The first kappa shape index (κ1) is 13.9. The molecule has 2 aliphatic rings. The van der Waals surface area contributed by atoms with Crippen molar-refractivity contribution in [2.45, 2.75) is 51.2 Å². The maximum Gasteiger partial charge on any atom is 0.271 e. The van der Waals surface area contributed by atoms with Gasteiger partial charge in [0.25, 0.3) is 5.56 Å². The SMILES string of the molecule is CC(C1CC1)N(C(=O)Cn1cnc2ccsc2c1=O)C1CC1. The van der Waals surface area contributed by atoms with E-state index in [-0.39, 0.29) is 18.0 Å². The number of hydrogen-bond donors (Lipinski definition) is 0. The maximum absolute atomic E-state index is 12.7. The van der Waals surface area contributed by atoms with Crippen molar-refractivity contribution in [3.05, 3.63) is 28.1 Å². The van der Waals surface area contributed by atoms with E-state index in [1.165, 1.54) is 35.1 Å². The number of amides is 1. The van der Waals surface area contributed by atoms with Gasteiger partial charge in [0.05, 0.1) is 11.8 Å². The van der Waals surface area contributed by atoms with Gasteiger partial charge in [-0.05, 0) is 50.0 Å². The van der Waals surface area contributed by atoms with Crippen LogP contribution in [0.2, 0.25) is 0 Å². The Morgan fingerprint density at radius 2 is 2.23 bits per heavy atom. The number of carbonyl (C=O) groups is 1. The summed E-state index contributed by atoms with van der Waals surface area (Å²) in [7, 11) is 0. The van der Waals surface area contributed by atoms with Crippen LogP contribution in [-0.2, 0) is 11.3 Å². The van der Waals surface area contributed by atoms with Crippen LogP contribution in [0.15, 0.2) is 22.6 Å². The zero-order valence-corrected chi connectivity index (χ0v) is 13.4. The second-order valence-electron chi connectivity index (χ2n) is 6.42. The summed E-state index contributed by atoms with van der Waals surface area (Å²) >= 11 is 1.38. The molecule has 2 fully saturated rings. The first-order valence-electron chi connectivity index (χ1n) is 7.89. The lowest BCUT2D eigenvalue weighted by Crippen LogP contribution is -2.44. The van der Waals surface area contributed by atoms with Gasteiger partial charge in [0.15, 0.2) is 0 Å². The summed E-state index contributed by atoms with van der Waals surface area (Å²) in [4.78, 5) is 31.4. The molecule has 1 atom stereocenters. The predicted molar refractivity (Wildman–Crippen MR) is 85.9 cm³/mol. The van der Waals surface area contributed by atoms with Crippen molar-refractivity contribution in [1.82, 2.24) is 14.5 Å². The molecule has 0 spiro atoms. The molecule has 2 aromatic rings. The molecule has 0 N–H and O–H groups in total. The van der Waals surface area contributed by atoms with Crippen LogP contribution >= 0.6 is 11.3 Å². The lowest BCUT2D eigenvalue weighted by Gasteiger charge is -2.29. The topological polar surface area (TPSA) is 55.2 Å². The zero-order valence-electron chi connectivity index (χ0n) is 12.6. The molecule has 0 aliphatic heterocycles. The van der Waals surface area contributed by atoms with E-state index < -0.39 is 0 Å². The van der Waals surface area contributed by atoms with Gasteiger partial charge >= 0.3 is 0 Å². The van der Waals surface area contributed by atoms with Gasteiger partial charge in [-0.1, -0.05) is 0 Å². The average Bonchev–Trinajstić information content (AvgIpc) is 3.41. The number of carbonyl (C=O) groups excluding carboxylic acids is 1. The smallest absolute Gasteiger partial charge is 0.271 e. The van der Waals surface area contributed by atoms with E-state index >= 15 is 0 Å². The second kappa shape index (κ2) is 5.19. The third-order valence-electron chi connectivity index (χ3n) is 4.71. The van der Waals surface area contributed by atoms with E-state index in [2.05, 4.69) is 11.9 Å². The Labute approximate surface area is 132 Å². The Bertz CT molecular complexity index is 773. The molecule has 0 bridgehead atoms. The Morgan fingerprint density at radius 3 is 2.91 bits per heavy atom. The minimum atomic E-state index is -0.108. The molecule has 2 heterocycles. The minimum absolute atomic E-state index is 0.0571. The quantitative estimate of drug-likeness (QED) is 0.850. The molecule has 0 saturated heterocycles. The molecule has 1 amide bonds. The molecule has 116 valence electrons. The Balaban J connectivity index is 1.58. The van der Waals surface area contributed by atoms with E-state index in [0.29, 0.717) is 28.2 Å². The number of rotatable bonds is 5. The van der Waals surface area contributed by atoms with Gasteiger partial charge in [-0.2, -0.15) is 0 Å². The monoisotopic (exact) mass is 317 g/mol. The molecular formula is C16H19N3O2S. The van der Waals surface area contributed by atoms with Crippen molar-refractivity contribution in [2.75, 3.05) is 0 Å². The van der Waals surface area contributed by atoms with Crippen LogP contribution in [0.25, 0.3) is 10.2 Å². The largest absolute Gasteiger partial charge is 0.335 e. The van der Waals surface area contributed by atoms with Gasteiger partial charge in [0, 0.05) is 12.1 Å². The lowest BCUT2D eigenvalue weighted by molar-refractivity contribution is -0.135. The fraction of sp³-hybridized carbons (Fsp3) is 0.562. The van der Waals surface area contributed by atoms with E-state index in [4.69, 9.17) is 0 Å². The van der Waals surface area contributed by atoms with Crippen LogP contribution in [0.5, 0.6) is 0 Å². The average molecular weight is 317 g/mol. The molecule has 22 heavy (non-hydrogen) atoms. The van der Waals surface area contributed by atoms with Crippen molar-refractivity contribution in [2.24, 2.45) is 5.92 Å². The highest BCUT2D eigenvalue weighted by Crippen LogP contribution is 2.39. The molecule has 2 aliphatic carbocycles. The lowest BCUT2D eigenvalue weighted by atomic mass is 10.1. The van der Waals surface area contributed by atoms with Crippen LogP contribution in [0, 0.1) is 5.92 Å². The summed E-state index contributed by atoms with van der Waals surface area (Å²) in [6.45, 7) is 2.25. The van der Waals surface area contributed by atoms with Gasteiger partial charge in [0.1, 0.15) is 11.2 Å². The molecule has 6 heteroatoms. The van der Waals surface area contributed by atoms with Crippen molar-refractivity contribution in [3.8, 4) is 0 Å². The predicted octanol–water partition coefficient (Wildman–Crippen LogP) is 2.25. The summed E-state index contributed by atoms with van der Waals surface area (Å²) in [5.41, 5.74) is 0.604. The molecule has 4 rings (SSSR count). The highest BCUT2D eigenvalue weighted by Gasteiger charge is 2.41. The van der Waals surface area contributed by atoms with Crippen molar-refractivity contribution < 1.29 is 4.79 Å². The Morgan fingerprint density at radius 1 is 1.45 bits per heavy atom. The van der Waals surface area contributed by atoms with E-state index in [1.54, 1.807) is 0 Å². The molecule has 5 nitrogen and oxygen atoms in total. The molecule has 2 saturated carbocycles. The summed E-state index contributed by atoms with van der Waals surface area (Å²) < 4.78 is 2.08. The zero-order chi connectivity index (χ0) is 15.3. The van der Waals surface area contributed by atoms with Crippen molar-refractivity contribution in [3.63, 3.8) is 0 Å². The summed E-state index contributed by atoms with van der Waals surface area (Å²) in [6, 6.07) is 2.52. The Hall–Kier alpha value is -1.69. The Kier molecular flexibility index (Phi) is 3.29. The highest BCUT2D eigenvalue weighted by atomic mass is 32.1. The maximum atomic E-state index is 12.7. The summed E-state index contributed by atoms with van der Waals surface area (Å²) in [5.74, 6) is 0.709. The fourth-order valence-corrected chi connectivity index (χ4v) is 3.93. The molecule has 0 radical (unpaired) electrons. The van der Waals surface area contributed by atoms with Crippen LogP contribution < -0.4 is 5.56 Å². The summed E-state index contributed by atoms with van der Waals surface area (Å²) in [6.07, 6.45) is 6.14. The summed E-state index contributed by atoms with van der Waals surface area (Å²) in [5, 5.41) is 1.86. The fourth-order valence-electron chi connectivity index (χ4n) is 3.14. The van der Waals surface area contributed by atoms with E-state index in [0.717, 1.165) is 12.8 Å². The normalized spacial score (nSPS) is 19.3. The van der Waals surface area contributed by atoms with E-state index in [1.807, 2.05) is 16.3 Å². The second-order valence-corrected chi connectivity index (χ2v) is 7.34. The van der Waals surface area contributed by atoms with Crippen LogP contribution in [0.1, 0.15) is 32.6 Å².